The molecule has 1 heterocycles. The Morgan fingerprint density at radius 1 is 1.02 bits per heavy atom. The predicted molar refractivity (Wildman–Crippen MR) is 170 cm³/mol. The molecule has 2 N–H and O–H groups in total. The average molecular weight is 610 g/mol. The molecular weight excluding hydrogens is 578 g/mol. The highest BCUT2D eigenvalue weighted by Crippen LogP contribution is 2.45. The molecule has 1 amide bonds. The number of hydrogen-bond donors (Lipinski definition) is 2. The SMILES string of the molecule is [N-]=[N+]=Nc1ccccc1[C@H]1OC(c2ccc(OCCCO)cc2)=N[C@@]1(Cc1ccccc1)C(=O)NCCc1cccc(Cl)c1. The summed E-state index contributed by atoms with van der Waals surface area (Å²) in [5.74, 6) is 0.608. The number of nitrogens with one attached hydrogen (secondary N) is 1. The smallest absolute Gasteiger partial charge is 0.252 e. The van der Waals surface area contributed by atoms with Crippen LogP contribution in [-0.2, 0) is 22.4 Å². The van der Waals surface area contributed by atoms with Gasteiger partial charge < -0.3 is 19.9 Å². The van der Waals surface area contributed by atoms with Crippen molar-refractivity contribution in [2.45, 2.75) is 30.9 Å². The molecule has 44 heavy (non-hydrogen) atoms. The van der Waals surface area contributed by atoms with Gasteiger partial charge in [-0.25, -0.2) is 4.99 Å². The first-order chi connectivity index (χ1) is 21.5. The van der Waals surface area contributed by atoms with Crippen molar-refractivity contribution in [3.05, 3.63) is 141 Å². The lowest BCUT2D eigenvalue weighted by molar-refractivity contribution is -0.128. The Morgan fingerprint density at radius 2 is 1.77 bits per heavy atom. The Morgan fingerprint density at radius 3 is 2.52 bits per heavy atom. The molecule has 1 aliphatic rings. The largest absolute Gasteiger partial charge is 0.494 e. The summed E-state index contributed by atoms with van der Waals surface area (Å²) in [6, 6.07) is 31.5. The zero-order chi connectivity index (χ0) is 30.8. The minimum absolute atomic E-state index is 0.0477. The summed E-state index contributed by atoms with van der Waals surface area (Å²) < 4.78 is 12.2. The van der Waals surface area contributed by atoms with Gasteiger partial charge in [0.15, 0.2) is 11.6 Å². The van der Waals surface area contributed by atoms with Crippen molar-refractivity contribution < 1.29 is 19.4 Å². The van der Waals surface area contributed by atoms with Crippen LogP contribution in [0.15, 0.2) is 113 Å². The Balaban J connectivity index is 1.55. The van der Waals surface area contributed by atoms with E-state index in [4.69, 9.17) is 31.2 Å². The molecule has 0 saturated heterocycles. The molecule has 1 aliphatic heterocycles. The fourth-order valence-electron chi connectivity index (χ4n) is 5.18. The molecule has 2 atom stereocenters. The van der Waals surface area contributed by atoms with Crippen LogP contribution in [0, 0.1) is 0 Å². The highest BCUT2D eigenvalue weighted by molar-refractivity contribution is 6.30. The Hall–Kier alpha value is -4.82. The Labute approximate surface area is 260 Å². The Kier molecular flexibility index (Phi) is 10.1. The van der Waals surface area contributed by atoms with Gasteiger partial charge in [0.2, 0.25) is 5.90 Å². The molecule has 0 spiro atoms. The first-order valence-corrected chi connectivity index (χ1v) is 14.7. The van der Waals surface area contributed by atoms with Crippen molar-refractivity contribution >= 4 is 29.1 Å². The number of aliphatic hydroxyl groups excluding tert-OH is 1. The van der Waals surface area contributed by atoms with Gasteiger partial charge in [-0.15, -0.1) is 0 Å². The maximum absolute atomic E-state index is 14.4. The van der Waals surface area contributed by atoms with Gasteiger partial charge in [-0.05, 0) is 59.5 Å². The van der Waals surface area contributed by atoms with Crippen molar-refractivity contribution in [1.82, 2.24) is 5.32 Å². The number of benzene rings is 4. The topological polar surface area (TPSA) is 129 Å². The van der Waals surface area contributed by atoms with Gasteiger partial charge in [0.05, 0.1) is 6.61 Å². The summed E-state index contributed by atoms with van der Waals surface area (Å²) in [7, 11) is 0. The fraction of sp³-hybridized carbons (Fsp3) is 0.235. The van der Waals surface area contributed by atoms with Gasteiger partial charge in [0.1, 0.15) is 5.75 Å². The second-order valence-corrected chi connectivity index (χ2v) is 10.8. The molecule has 0 radical (unpaired) electrons. The van der Waals surface area contributed by atoms with Crippen molar-refractivity contribution in [2.24, 2.45) is 10.1 Å². The Bertz CT molecular complexity index is 1660. The molecule has 0 aromatic heterocycles. The summed E-state index contributed by atoms with van der Waals surface area (Å²) in [6.45, 7) is 0.790. The number of azide groups is 1. The molecule has 4 aromatic rings. The number of hydrogen-bond acceptors (Lipinski definition) is 6. The van der Waals surface area contributed by atoms with Crippen molar-refractivity contribution in [3.63, 3.8) is 0 Å². The maximum Gasteiger partial charge on any atom is 0.252 e. The second kappa shape index (κ2) is 14.6. The van der Waals surface area contributed by atoms with Crippen LogP contribution in [0.3, 0.4) is 0 Å². The molecule has 9 nitrogen and oxygen atoms in total. The van der Waals surface area contributed by atoms with Crippen LogP contribution in [0.4, 0.5) is 5.69 Å². The minimum atomic E-state index is -1.43. The quantitative estimate of drug-likeness (QED) is 0.0739. The predicted octanol–water partition coefficient (Wildman–Crippen LogP) is 6.90. The van der Waals surface area contributed by atoms with E-state index in [1.807, 2.05) is 72.8 Å². The summed E-state index contributed by atoms with van der Waals surface area (Å²) in [5, 5.41) is 16.7. The van der Waals surface area contributed by atoms with E-state index < -0.39 is 11.6 Å². The molecule has 4 aromatic carbocycles. The molecule has 5 rings (SSSR count). The van der Waals surface area contributed by atoms with E-state index >= 15 is 0 Å². The number of aliphatic hydroxyl groups is 1. The monoisotopic (exact) mass is 609 g/mol. The van der Waals surface area contributed by atoms with Gasteiger partial charge in [-0.3, -0.25) is 4.79 Å². The third-order valence-electron chi connectivity index (χ3n) is 7.31. The van der Waals surface area contributed by atoms with Crippen LogP contribution in [-0.4, -0.2) is 42.2 Å². The van der Waals surface area contributed by atoms with Crippen molar-refractivity contribution in [3.8, 4) is 5.75 Å². The van der Waals surface area contributed by atoms with Gasteiger partial charge in [-0.2, -0.15) is 0 Å². The van der Waals surface area contributed by atoms with E-state index in [0.717, 1.165) is 11.1 Å². The van der Waals surface area contributed by atoms with Gasteiger partial charge >= 0.3 is 0 Å². The molecule has 0 aliphatic carbocycles. The molecule has 10 heteroatoms. The highest BCUT2D eigenvalue weighted by atomic mass is 35.5. The number of rotatable bonds is 13. The van der Waals surface area contributed by atoms with Crippen LogP contribution in [0.1, 0.15) is 34.8 Å². The number of halogens is 1. The van der Waals surface area contributed by atoms with Crippen LogP contribution < -0.4 is 10.1 Å². The first-order valence-electron chi connectivity index (χ1n) is 14.3. The number of nitrogens with zero attached hydrogens (tertiary/aromatic N) is 4. The summed E-state index contributed by atoms with van der Waals surface area (Å²) >= 11 is 6.17. The average Bonchev–Trinajstić information content (AvgIpc) is 3.42. The lowest BCUT2D eigenvalue weighted by Crippen LogP contribution is -2.50. The van der Waals surface area contributed by atoms with Crippen molar-refractivity contribution in [2.75, 3.05) is 19.8 Å². The van der Waals surface area contributed by atoms with Crippen LogP contribution >= 0.6 is 11.6 Å². The highest BCUT2D eigenvalue weighted by Gasteiger charge is 2.53. The summed E-state index contributed by atoms with van der Waals surface area (Å²) in [4.78, 5) is 22.4. The molecule has 224 valence electrons. The zero-order valence-corrected chi connectivity index (χ0v) is 24.7. The molecule has 0 saturated carbocycles. The molecule has 0 unspecified atom stereocenters. The lowest BCUT2D eigenvalue weighted by atomic mass is 9.81. The molecule has 0 bridgehead atoms. The zero-order valence-electron chi connectivity index (χ0n) is 24.0. The van der Waals surface area contributed by atoms with E-state index in [-0.39, 0.29) is 24.8 Å². The van der Waals surface area contributed by atoms with Crippen LogP contribution in [0.2, 0.25) is 5.02 Å². The van der Waals surface area contributed by atoms with E-state index in [9.17, 15) is 10.3 Å². The molecule has 0 fully saturated rings. The number of carbonyl (C=O) groups excluding carboxylic acids is 1. The normalized spacial score (nSPS) is 17.2. The summed E-state index contributed by atoms with van der Waals surface area (Å²) in [5.41, 5.74) is 11.3. The minimum Gasteiger partial charge on any atom is -0.494 e. The van der Waals surface area contributed by atoms with E-state index in [1.54, 1.807) is 30.3 Å². The second-order valence-electron chi connectivity index (χ2n) is 10.3. The number of aliphatic imine (C=N–C) groups is 1. The standard InChI is InChI=1S/C34H32ClN5O4/c35-27-11-6-10-24(22-27)18-19-37-33(42)34(23-25-8-2-1-3-9-25)31(29-12-4-5-13-30(29)39-40-36)44-32(38-34)26-14-16-28(17-15-26)43-21-7-20-41/h1-6,8-17,22,31,41H,7,18-21,23H2,(H,37,42)/t31-,34-/m1/s1. The van der Waals surface area contributed by atoms with E-state index in [0.29, 0.717) is 53.6 Å². The van der Waals surface area contributed by atoms with E-state index in [2.05, 4.69) is 15.3 Å². The van der Waals surface area contributed by atoms with E-state index in [1.165, 1.54) is 0 Å². The van der Waals surface area contributed by atoms with Gasteiger partial charge in [-0.1, -0.05) is 83.4 Å². The number of amides is 1. The lowest BCUT2D eigenvalue weighted by Gasteiger charge is -2.31. The van der Waals surface area contributed by atoms with Crippen LogP contribution in [0.5, 0.6) is 5.75 Å². The number of carbonyl (C=O) groups is 1. The third-order valence-corrected chi connectivity index (χ3v) is 7.54. The summed E-state index contributed by atoms with van der Waals surface area (Å²) in [6.07, 6.45) is 0.435. The fourth-order valence-corrected chi connectivity index (χ4v) is 5.39. The van der Waals surface area contributed by atoms with Gasteiger partial charge in [0, 0.05) is 52.7 Å². The number of ether oxygens (including phenoxy) is 2. The third kappa shape index (κ3) is 7.21. The van der Waals surface area contributed by atoms with Crippen molar-refractivity contribution in [1.29, 1.82) is 0 Å². The maximum atomic E-state index is 14.4. The van der Waals surface area contributed by atoms with Gasteiger partial charge in [0.25, 0.3) is 5.91 Å². The molecular formula is C34H32ClN5O4. The first kappa shape index (κ1) is 30.6. The van der Waals surface area contributed by atoms with Crippen LogP contribution in [0.25, 0.3) is 10.4 Å².